The topological polar surface area (TPSA) is 35.6 Å². The van der Waals surface area contributed by atoms with Crippen LogP contribution in [-0.2, 0) is 4.79 Å². The maximum atomic E-state index is 12.5. The van der Waals surface area contributed by atoms with Crippen molar-refractivity contribution in [1.82, 2.24) is 15.1 Å². The molecule has 1 aromatic heterocycles. The summed E-state index contributed by atoms with van der Waals surface area (Å²) >= 11 is 1.70. The minimum Gasteiger partial charge on any atom is -0.317 e. The van der Waals surface area contributed by atoms with Crippen LogP contribution in [0.2, 0.25) is 0 Å². The first-order valence-corrected chi connectivity index (χ1v) is 7.69. The normalized spacial score (nSPS) is 25.3. The van der Waals surface area contributed by atoms with Crippen molar-refractivity contribution in [1.29, 1.82) is 0 Å². The summed E-state index contributed by atoms with van der Waals surface area (Å²) in [4.78, 5) is 17.9. The summed E-state index contributed by atoms with van der Waals surface area (Å²) in [5.41, 5.74) is 0. The predicted octanol–water partition coefficient (Wildman–Crippen LogP) is 1.91. The van der Waals surface area contributed by atoms with Crippen molar-refractivity contribution in [2.75, 3.05) is 20.6 Å². The second-order valence-electron chi connectivity index (χ2n) is 5.40. The van der Waals surface area contributed by atoms with Gasteiger partial charge in [-0.05, 0) is 38.9 Å². The maximum Gasteiger partial charge on any atom is 0.241 e. The molecule has 106 valence electrons. The second kappa shape index (κ2) is 6.03. The zero-order valence-electron chi connectivity index (χ0n) is 12.1. The van der Waals surface area contributed by atoms with Crippen LogP contribution >= 0.6 is 11.3 Å². The molecule has 19 heavy (non-hydrogen) atoms. The minimum atomic E-state index is -0.0447. The molecule has 5 heteroatoms. The number of hydrogen-bond donors (Lipinski definition) is 1. The van der Waals surface area contributed by atoms with Crippen LogP contribution in [0.4, 0.5) is 0 Å². The fourth-order valence-corrected chi connectivity index (χ4v) is 3.48. The van der Waals surface area contributed by atoms with Crippen LogP contribution in [-0.4, -0.2) is 48.4 Å². The minimum absolute atomic E-state index is 0.0346. The van der Waals surface area contributed by atoms with Gasteiger partial charge in [-0.2, -0.15) is 0 Å². The molecule has 0 aromatic carbocycles. The highest BCUT2D eigenvalue weighted by atomic mass is 32.1. The lowest BCUT2D eigenvalue weighted by molar-refractivity contribution is -0.132. The molecular weight excluding hydrogens is 258 g/mol. The Morgan fingerprint density at radius 3 is 2.79 bits per heavy atom. The van der Waals surface area contributed by atoms with E-state index in [0.717, 1.165) is 13.0 Å². The van der Waals surface area contributed by atoms with E-state index in [1.54, 1.807) is 11.3 Å². The molecule has 4 nitrogen and oxygen atoms in total. The molecule has 3 unspecified atom stereocenters. The fraction of sp³-hybridized carbons (Fsp3) is 0.643. The number of nitrogens with one attached hydrogen (secondary N) is 1. The monoisotopic (exact) mass is 281 g/mol. The van der Waals surface area contributed by atoms with E-state index in [0.29, 0.717) is 0 Å². The van der Waals surface area contributed by atoms with E-state index >= 15 is 0 Å². The molecule has 0 radical (unpaired) electrons. The molecule has 2 heterocycles. The first-order chi connectivity index (χ1) is 9.04. The number of carbonyl (C=O) groups excluding carboxylic acids is 1. The van der Waals surface area contributed by atoms with E-state index in [1.807, 2.05) is 25.1 Å². The van der Waals surface area contributed by atoms with Gasteiger partial charge < -0.3 is 9.80 Å². The molecule has 1 fully saturated rings. The van der Waals surface area contributed by atoms with Crippen LogP contribution in [0.25, 0.3) is 0 Å². The van der Waals surface area contributed by atoms with Gasteiger partial charge in [-0.15, -0.1) is 11.3 Å². The molecule has 0 saturated carbocycles. The molecular formula is C14H23N3OS. The van der Waals surface area contributed by atoms with Crippen molar-refractivity contribution >= 4 is 17.2 Å². The summed E-state index contributed by atoms with van der Waals surface area (Å²) in [7, 11) is 4.09. The summed E-state index contributed by atoms with van der Waals surface area (Å²) < 4.78 is 0. The zero-order valence-corrected chi connectivity index (χ0v) is 12.9. The van der Waals surface area contributed by atoms with E-state index < -0.39 is 0 Å². The summed E-state index contributed by atoms with van der Waals surface area (Å²) in [5, 5.41) is 5.53. The Kier molecular flexibility index (Phi) is 4.60. The third-order valence-corrected chi connectivity index (χ3v) is 4.44. The highest BCUT2D eigenvalue weighted by Crippen LogP contribution is 2.31. The molecule has 0 aliphatic carbocycles. The number of nitrogens with zero attached hydrogens (tertiary/aromatic N) is 2. The summed E-state index contributed by atoms with van der Waals surface area (Å²) in [5.74, 6) is 0.232. The summed E-state index contributed by atoms with van der Waals surface area (Å²) in [6, 6.07) is 4.30. The van der Waals surface area contributed by atoms with Gasteiger partial charge in [0.1, 0.15) is 6.17 Å². The van der Waals surface area contributed by atoms with Crippen LogP contribution < -0.4 is 5.32 Å². The highest BCUT2D eigenvalue weighted by Gasteiger charge is 2.41. The fourth-order valence-electron chi connectivity index (χ4n) is 2.70. The van der Waals surface area contributed by atoms with E-state index in [9.17, 15) is 4.79 Å². The van der Waals surface area contributed by atoms with E-state index in [2.05, 4.69) is 35.5 Å². The molecule has 2 rings (SSSR count). The molecule has 1 saturated heterocycles. The Morgan fingerprint density at radius 2 is 2.26 bits per heavy atom. The van der Waals surface area contributed by atoms with E-state index in [4.69, 9.17) is 0 Å². The average Bonchev–Trinajstić information content (AvgIpc) is 2.94. The molecule has 1 aromatic rings. The van der Waals surface area contributed by atoms with Gasteiger partial charge in [0.05, 0.1) is 6.04 Å². The first kappa shape index (κ1) is 14.5. The number of carbonyl (C=O) groups is 1. The first-order valence-electron chi connectivity index (χ1n) is 6.81. The third-order valence-electron chi connectivity index (χ3n) is 3.51. The van der Waals surface area contributed by atoms with Crippen molar-refractivity contribution in [2.24, 2.45) is 0 Å². The van der Waals surface area contributed by atoms with Gasteiger partial charge in [0.2, 0.25) is 5.91 Å². The van der Waals surface area contributed by atoms with Crippen LogP contribution in [0.3, 0.4) is 0 Å². The Hall–Kier alpha value is -0.910. The number of hydrogen-bond acceptors (Lipinski definition) is 4. The lowest BCUT2D eigenvalue weighted by Crippen LogP contribution is -2.43. The van der Waals surface area contributed by atoms with E-state index in [-0.39, 0.29) is 24.2 Å². The van der Waals surface area contributed by atoms with Gasteiger partial charge in [0, 0.05) is 17.5 Å². The number of likely N-dealkylation sites (N-methyl/N-ethyl adjacent to an activating group) is 1. The van der Waals surface area contributed by atoms with Crippen molar-refractivity contribution < 1.29 is 4.79 Å². The summed E-state index contributed by atoms with van der Waals surface area (Å²) in [6.07, 6.45) is 0.874. The lowest BCUT2D eigenvalue weighted by Gasteiger charge is -2.31. The molecule has 0 spiro atoms. The van der Waals surface area contributed by atoms with Gasteiger partial charge in [-0.3, -0.25) is 10.1 Å². The smallest absolute Gasteiger partial charge is 0.241 e. The van der Waals surface area contributed by atoms with Gasteiger partial charge in [0.15, 0.2) is 0 Å². The summed E-state index contributed by atoms with van der Waals surface area (Å²) in [6.45, 7) is 5.06. The molecule has 1 N–H and O–H groups in total. The Labute approximate surface area is 119 Å². The Balaban J connectivity index is 2.22. The molecule has 1 amide bonds. The van der Waals surface area contributed by atoms with Gasteiger partial charge in [-0.25, -0.2) is 0 Å². The predicted molar refractivity (Wildman–Crippen MR) is 79.1 cm³/mol. The maximum absolute atomic E-state index is 12.5. The average molecular weight is 281 g/mol. The van der Waals surface area contributed by atoms with Crippen molar-refractivity contribution in [3.05, 3.63) is 22.4 Å². The zero-order chi connectivity index (χ0) is 14.0. The van der Waals surface area contributed by atoms with Crippen LogP contribution in [0.15, 0.2) is 17.5 Å². The van der Waals surface area contributed by atoms with Gasteiger partial charge in [0.25, 0.3) is 0 Å². The second-order valence-corrected chi connectivity index (χ2v) is 6.38. The number of thiophene rings is 1. The largest absolute Gasteiger partial charge is 0.317 e. The quantitative estimate of drug-likeness (QED) is 0.895. The lowest BCUT2D eigenvalue weighted by atomic mass is 10.2. The number of amides is 1. The SMILES string of the molecule is CCC1NC(c2cccs2)N(C(C)CN(C)C)C1=O. The number of rotatable bonds is 5. The standard InChI is InChI=1S/C14H23N3OS/c1-5-11-14(18)17(10(2)9-16(3)4)13(15-11)12-7-6-8-19-12/h6-8,10-11,13,15H,5,9H2,1-4H3. The van der Waals surface area contributed by atoms with Crippen LogP contribution in [0.1, 0.15) is 31.3 Å². The van der Waals surface area contributed by atoms with Crippen LogP contribution in [0, 0.1) is 0 Å². The Bertz CT molecular complexity index is 418. The molecule has 0 bridgehead atoms. The van der Waals surface area contributed by atoms with Crippen molar-refractivity contribution in [2.45, 2.75) is 38.5 Å². The van der Waals surface area contributed by atoms with E-state index in [1.165, 1.54) is 4.88 Å². The van der Waals surface area contributed by atoms with Gasteiger partial charge >= 0.3 is 0 Å². The van der Waals surface area contributed by atoms with Crippen molar-refractivity contribution in [3.63, 3.8) is 0 Å². The third kappa shape index (κ3) is 2.99. The highest BCUT2D eigenvalue weighted by molar-refractivity contribution is 7.10. The molecule has 3 atom stereocenters. The van der Waals surface area contributed by atoms with Crippen molar-refractivity contribution in [3.8, 4) is 0 Å². The Morgan fingerprint density at radius 1 is 1.53 bits per heavy atom. The van der Waals surface area contributed by atoms with Gasteiger partial charge in [-0.1, -0.05) is 13.0 Å². The van der Waals surface area contributed by atoms with Crippen LogP contribution in [0.5, 0.6) is 0 Å². The molecule has 1 aliphatic rings. The molecule has 1 aliphatic heterocycles.